The Labute approximate surface area is 139 Å². The highest BCUT2D eigenvalue weighted by Gasteiger charge is 2.43. The van der Waals surface area contributed by atoms with Crippen molar-refractivity contribution < 1.29 is 39.4 Å². The number of hydrogen-bond donors (Lipinski definition) is 6. The van der Waals surface area contributed by atoms with Crippen molar-refractivity contribution >= 4 is 18.5 Å². The molecule has 0 aromatic heterocycles. The molecule has 9 nitrogen and oxygen atoms in total. The summed E-state index contributed by atoms with van der Waals surface area (Å²) in [6.07, 6.45) is -6.17. The Morgan fingerprint density at radius 2 is 1.70 bits per heavy atom. The molecule has 0 aromatic carbocycles. The van der Waals surface area contributed by atoms with Gasteiger partial charge in [0.25, 0.3) is 0 Å². The third kappa shape index (κ3) is 6.89. The number of ether oxygens (including phenoxy) is 3. The van der Waals surface area contributed by atoms with Crippen LogP contribution in [-0.4, -0.2) is 102 Å². The number of rotatable bonds is 10. The minimum atomic E-state index is -1.46. The summed E-state index contributed by atoms with van der Waals surface area (Å²) in [6, 6.07) is 0. The van der Waals surface area contributed by atoms with Crippen molar-refractivity contribution in [3.63, 3.8) is 0 Å². The quantitative estimate of drug-likeness (QED) is 0.179. The van der Waals surface area contributed by atoms with Gasteiger partial charge in [-0.15, -0.1) is 0 Å². The Bertz CT molecular complexity index is 346. The van der Waals surface area contributed by atoms with Crippen molar-refractivity contribution in [1.82, 2.24) is 5.32 Å². The molecule has 5 atom stereocenters. The first-order valence-corrected chi connectivity index (χ1v) is 7.98. The number of nitrogens with one attached hydrogen (secondary N) is 1. The lowest BCUT2D eigenvalue weighted by Crippen LogP contribution is -2.60. The molecule has 0 bridgehead atoms. The third-order valence-electron chi connectivity index (χ3n) is 3.33. The maximum Gasteiger partial charge on any atom is 0.246 e. The van der Waals surface area contributed by atoms with Gasteiger partial charge in [0, 0.05) is 12.3 Å². The van der Waals surface area contributed by atoms with Gasteiger partial charge in [0.05, 0.1) is 26.4 Å². The van der Waals surface area contributed by atoms with E-state index >= 15 is 0 Å². The molecule has 1 rings (SSSR count). The van der Waals surface area contributed by atoms with Crippen LogP contribution in [0.1, 0.15) is 0 Å². The maximum absolute atomic E-state index is 11.6. The molecular weight excluding hydrogens is 330 g/mol. The summed E-state index contributed by atoms with van der Waals surface area (Å²) in [5.41, 5.74) is 0. The van der Waals surface area contributed by atoms with Crippen LogP contribution in [0.5, 0.6) is 0 Å². The highest BCUT2D eigenvalue weighted by molar-refractivity contribution is 7.80. The molecule has 5 N–H and O–H groups in total. The minimum Gasteiger partial charge on any atom is -0.394 e. The van der Waals surface area contributed by atoms with E-state index in [0.29, 0.717) is 19.0 Å². The Hall–Kier alpha value is -0.460. The summed E-state index contributed by atoms with van der Waals surface area (Å²) in [5, 5.41) is 40.6. The Kier molecular flexibility index (Phi) is 9.99. The topological polar surface area (TPSA) is 138 Å². The first-order chi connectivity index (χ1) is 11.0. The summed E-state index contributed by atoms with van der Waals surface area (Å²) in [5.74, 6) is 0.190. The summed E-state index contributed by atoms with van der Waals surface area (Å²) in [7, 11) is 0. The van der Waals surface area contributed by atoms with E-state index in [1.54, 1.807) is 0 Å². The van der Waals surface area contributed by atoms with Crippen LogP contribution in [0, 0.1) is 0 Å². The van der Waals surface area contributed by atoms with E-state index < -0.39 is 43.0 Å². The fourth-order valence-electron chi connectivity index (χ4n) is 2.06. The lowest BCUT2D eigenvalue weighted by Gasteiger charge is -2.40. The average Bonchev–Trinajstić information content (AvgIpc) is 2.55. The Morgan fingerprint density at radius 1 is 1.04 bits per heavy atom. The van der Waals surface area contributed by atoms with Crippen molar-refractivity contribution in [2.24, 2.45) is 0 Å². The fraction of sp³-hybridized carbons (Fsp3) is 0.923. The second-order valence-corrected chi connectivity index (χ2v) is 5.51. The number of hydrogen-bond acceptors (Lipinski definition) is 9. The van der Waals surface area contributed by atoms with E-state index in [1.807, 2.05) is 0 Å². The maximum atomic E-state index is 11.6. The number of aliphatic hydroxyl groups excluding tert-OH is 4. The fourth-order valence-corrected chi connectivity index (χ4v) is 2.19. The molecule has 10 heteroatoms. The molecule has 1 saturated heterocycles. The summed E-state index contributed by atoms with van der Waals surface area (Å²) >= 11 is 3.98. The molecular formula is C13H25NO8S. The van der Waals surface area contributed by atoms with Gasteiger partial charge >= 0.3 is 0 Å². The minimum absolute atomic E-state index is 0.0835. The predicted molar refractivity (Wildman–Crippen MR) is 82.3 cm³/mol. The van der Waals surface area contributed by atoms with E-state index in [2.05, 4.69) is 17.9 Å². The smallest absolute Gasteiger partial charge is 0.246 e. The molecule has 1 heterocycles. The van der Waals surface area contributed by atoms with Crippen LogP contribution in [0.15, 0.2) is 0 Å². The van der Waals surface area contributed by atoms with Gasteiger partial charge in [0.1, 0.15) is 37.1 Å². The number of thiol groups is 1. The normalized spacial score (nSPS) is 31.1. The first-order valence-electron chi connectivity index (χ1n) is 7.34. The lowest BCUT2D eigenvalue weighted by molar-refractivity contribution is -0.227. The van der Waals surface area contributed by atoms with Gasteiger partial charge in [-0.2, -0.15) is 12.6 Å². The molecule has 136 valence electrons. The molecule has 1 fully saturated rings. The standard InChI is InChI=1S/C13H25NO8S/c15-6-9-12(18)13(19)11(17)8(22-9)5-14-10(16)7-21-2-1-20-3-4-23/h8-9,11-13,15,17-19,23H,1-7H2,(H,14,16)/t8-,9+,11-,12+,13+/m0/s1. The van der Waals surface area contributed by atoms with E-state index in [9.17, 15) is 20.1 Å². The van der Waals surface area contributed by atoms with Crippen molar-refractivity contribution in [2.75, 3.05) is 45.3 Å². The van der Waals surface area contributed by atoms with Crippen LogP contribution in [-0.2, 0) is 19.0 Å². The number of amides is 1. The molecule has 0 unspecified atom stereocenters. The molecule has 1 aliphatic heterocycles. The van der Waals surface area contributed by atoms with E-state index in [-0.39, 0.29) is 19.8 Å². The molecule has 0 spiro atoms. The second kappa shape index (κ2) is 11.2. The number of carbonyl (C=O) groups excluding carboxylic acids is 1. The van der Waals surface area contributed by atoms with Gasteiger partial charge in [0.15, 0.2) is 0 Å². The van der Waals surface area contributed by atoms with Crippen molar-refractivity contribution in [3.05, 3.63) is 0 Å². The largest absolute Gasteiger partial charge is 0.394 e. The highest BCUT2D eigenvalue weighted by atomic mass is 32.1. The van der Waals surface area contributed by atoms with Gasteiger partial charge < -0.3 is 40.0 Å². The van der Waals surface area contributed by atoms with Crippen LogP contribution >= 0.6 is 12.6 Å². The molecule has 0 radical (unpaired) electrons. The van der Waals surface area contributed by atoms with Crippen molar-refractivity contribution in [2.45, 2.75) is 30.5 Å². The summed E-state index contributed by atoms with van der Waals surface area (Å²) in [6.45, 7) is 0.365. The summed E-state index contributed by atoms with van der Waals surface area (Å²) < 4.78 is 15.5. The van der Waals surface area contributed by atoms with E-state index in [1.165, 1.54) is 0 Å². The van der Waals surface area contributed by atoms with Crippen molar-refractivity contribution in [1.29, 1.82) is 0 Å². The second-order valence-electron chi connectivity index (χ2n) is 5.06. The molecule has 0 aliphatic carbocycles. The summed E-state index contributed by atoms with van der Waals surface area (Å²) in [4.78, 5) is 11.6. The number of aliphatic hydroxyl groups is 4. The number of carbonyl (C=O) groups is 1. The lowest BCUT2D eigenvalue weighted by atomic mass is 9.95. The molecule has 1 aliphatic rings. The molecule has 0 aromatic rings. The predicted octanol–water partition coefficient (Wildman–Crippen LogP) is -3.09. The van der Waals surface area contributed by atoms with Gasteiger partial charge in [-0.3, -0.25) is 4.79 Å². The molecule has 0 saturated carbocycles. The van der Waals surface area contributed by atoms with Gasteiger partial charge in [-0.25, -0.2) is 0 Å². The van der Waals surface area contributed by atoms with Crippen LogP contribution in [0.4, 0.5) is 0 Å². The van der Waals surface area contributed by atoms with Crippen LogP contribution < -0.4 is 5.32 Å². The zero-order valence-electron chi connectivity index (χ0n) is 12.7. The SMILES string of the molecule is O=C(COCCOCCS)NC[C@@H]1O[C@H](CO)[C@@H](O)[C@H](O)[C@H]1O. The third-order valence-corrected chi connectivity index (χ3v) is 3.51. The van der Waals surface area contributed by atoms with E-state index in [4.69, 9.17) is 19.3 Å². The van der Waals surface area contributed by atoms with Crippen molar-refractivity contribution in [3.8, 4) is 0 Å². The monoisotopic (exact) mass is 355 g/mol. The van der Waals surface area contributed by atoms with Gasteiger partial charge in [0.2, 0.25) is 5.91 Å². The Balaban J connectivity index is 2.24. The highest BCUT2D eigenvalue weighted by Crippen LogP contribution is 2.20. The molecule has 1 amide bonds. The van der Waals surface area contributed by atoms with Gasteiger partial charge in [-0.05, 0) is 0 Å². The van der Waals surface area contributed by atoms with E-state index in [0.717, 1.165) is 0 Å². The zero-order chi connectivity index (χ0) is 17.2. The Morgan fingerprint density at radius 3 is 2.35 bits per heavy atom. The van der Waals surface area contributed by atoms with Crippen LogP contribution in [0.2, 0.25) is 0 Å². The molecule has 23 heavy (non-hydrogen) atoms. The van der Waals surface area contributed by atoms with Gasteiger partial charge in [-0.1, -0.05) is 0 Å². The zero-order valence-corrected chi connectivity index (χ0v) is 13.6. The first kappa shape index (κ1) is 20.6. The van der Waals surface area contributed by atoms with Crippen LogP contribution in [0.25, 0.3) is 0 Å². The van der Waals surface area contributed by atoms with Crippen LogP contribution in [0.3, 0.4) is 0 Å². The average molecular weight is 355 g/mol.